The van der Waals surface area contributed by atoms with Gasteiger partial charge in [-0.2, -0.15) is 0 Å². The van der Waals surface area contributed by atoms with E-state index in [1.165, 1.54) is 24.8 Å². The summed E-state index contributed by atoms with van der Waals surface area (Å²) in [6.07, 6.45) is 6.64. The van der Waals surface area contributed by atoms with Gasteiger partial charge in [0.25, 0.3) is 0 Å². The molecule has 0 radical (unpaired) electrons. The van der Waals surface area contributed by atoms with E-state index in [1.807, 2.05) is 10.7 Å². The van der Waals surface area contributed by atoms with Crippen LogP contribution in [0, 0.1) is 0 Å². The zero-order chi connectivity index (χ0) is 16.4. The van der Waals surface area contributed by atoms with E-state index >= 15 is 0 Å². The Hall–Kier alpha value is -1.79. The van der Waals surface area contributed by atoms with Gasteiger partial charge in [-0.15, -0.1) is 5.10 Å². The van der Waals surface area contributed by atoms with Crippen LogP contribution in [-0.4, -0.2) is 49.4 Å². The van der Waals surface area contributed by atoms with Gasteiger partial charge < -0.3 is 5.11 Å². The van der Waals surface area contributed by atoms with Crippen LogP contribution >= 0.6 is 0 Å². The van der Waals surface area contributed by atoms with Gasteiger partial charge in [0.2, 0.25) is 0 Å². The maximum Gasteiger partial charge on any atom is 0.168 e. The van der Waals surface area contributed by atoms with Crippen molar-refractivity contribution in [3.8, 4) is 0 Å². The van der Waals surface area contributed by atoms with Crippen molar-refractivity contribution in [1.29, 1.82) is 0 Å². The maximum atomic E-state index is 9.78. The number of nitrogens with zero attached hydrogens (tertiary/aromatic N) is 5. The first kappa shape index (κ1) is 15.7. The molecule has 1 N–H and O–H groups in total. The summed E-state index contributed by atoms with van der Waals surface area (Å²) in [5.74, 6) is 0.990. The average Bonchev–Trinajstić information content (AvgIpc) is 3.18. The predicted octanol–water partition coefficient (Wildman–Crippen LogP) is 2.14. The molecule has 2 heterocycles. The highest BCUT2D eigenvalue weighted by Gasteiger charge is 2.38. The van der Waals surface area contributed by atoms with E-state index in [0.717, 1.165) is 31.6 Å². The topological polar surface area (TPSA) is 67.1 Å². The fourth-order valence-corrected chi connectivity index (χ4v) is 3.96. The summed E-state index contributed by atoms with van der Waals surface area (Å²) in [4.78, 5) is 2.41. The van der Waals surface area contributed by atoms with E-state index in [0.29, 0.717) is 6.04 Å². The number of aliphatic hydroxyl groups excluding tert-OH is 1. The molecule has 4 rings (SSSR count). The van der Waals surface area contributed by atoms with E-state index in [4.69, 9.17) is 0 Å². The molecule has 0 spiro atoms. The third kappa shape index (κ3) is 2.96. The fourth-order valence-electron chi connectivity index (χ4n) is 3.96. The van der Waals surface area contributed by atoms with Gasteiger partial charge in [0, 0.05) is 12.6 Å². The van der Waals surface area contributed by atoms with Gasteiger partial charge in [-0.25, -0.2) is 4.68 Å². The average molecular weight is 327 g/mol. The normalized spacial score (nSPS) is 25.0. The molecule has 0 bridgehead atoms. The number of aliphatic hydroxyl groups is 1. The highest BCUT2D eigenvalue weighted by atomic mass is 16.3. The molecular formula is C18H25N5O. The highest BCUT2D eigenvalue weighted by molar-refractivity contribution is 5.15. The molecular weight excluding hydrogens is 302 g/mol. The Bertz CT molecular complexity index is 654. The second kappa shape index (κ2) is 6.99. The minimum Gasteiger partial charge on any atom is -0.395 e. The van der Waals surface area contributed by atoms with Crippen molar-refractivity contribution in [2.24, 2.45) is 0 Å². The van der Waals surface area contributed by atoms with Crippen LogP contribution in [0.2, 0.25) is 0 Å². The molecule has 1 aliphatic carbocycles. The molecule has 2 aliphatic rings. The van der Waals surface area contributed by atoms with Crippen molar-refractivity contribution in [1.82, 2.24) is 25.1 Å². The van der Waals surface area contributed by atoms with Gasteiger partial charge in [0.15, 0.2) is 5.82 Å². The second-order valence-corrected chi connectivity index (χ2v) is 6.97. The van der Waals surface area contributed by atoms with Gasteiger partial charge in [-0.3, -0.25) is 4.90 Å². The summed E-state index contributed by atoms with van der Waals surface area (Å²) in [6.45, 7) is 1.13. The Balaban J connectivity index is 1.52. The van der Waals surface area contributed by atoms with Crippen LogP contribution in [0.1, 0.15) is 55.6 Å². The predicted molar refractivity (Wildman–Crippen MR) is 90.4 cm³/mol. The van der Waals surface area contributed by atoms with Crippen molar-refractivity contribution in [2.45, 2.75) is 56.7 Å². The van der Waals surface area contributed by atoms with Crippen molar-refractivity contribution in [3.05, 3.63) is 41.7 Å². The standard InChI is InChI=1S/C18H25N5O/c24-13-16-9-10-17(18-19-20-21-23(18)15-7-4-8-15)22(16)12-11-14-5-2-1-3-6-14/h1-3,5-6,15-17,24H,4,7-13H2/t16-,17-/m0/s1. The molecule has 1 aromatic heterocycles. The molecule has 1 saturated carbocycles. The van der Waals surface area contributed by atoms with Crippen molar-refractivity contribution >= 4 is 0 Å². The van der Waals surface area contributed by atoms with E-state index in [1.54, 1.807) is 0 Å². The lowest BCUT2D eigenvalue weighted by Crippen LogP contribution is -2.37. The van der Waals surface area contributed by atoms with E-state index in [-0.39, 0.29) is 18.7 Å². The molecule has 1 aliphatic heterocycles. The number of hydrogen-bond acceptors (Lipinski definition) is 5. The molecule has 128 valence electrons. The number of rotatable bonds is 6. The SMILES string of the molecule is OC[C@@H]1CC[C@@H](c2nnnn2C2CCC2)N1CCc1ccccc1. The quantitative estimate of drug-likeness (QED) is 0.880. The van der Waals surface area contributed by atoms with Gasteiger partial charge in [-0.05, 0) is 54.5 Å². The molecule has 1 saturated heterocycles. The van der Waals surface area contributed by atoms with Crippen molar-refractivity contribution in [2.75, 3.05) is 13.2 Å². The highest BCUT2D eigenvalue weighted by Crippen LogP contribution is 2.38. The van der Waals surface area contributed by atoms with Gasteiger partial charge in [0.05, 0.1) is 18.7 Å². The van der Waals surface area contributed by atoms with Crippen LogP contribution in [0.5, 0.6) is 0 Å². The molecule has 0 amide bonds. The third-order valence-electron chi connectivity index (χ3n) is 5.59. The number of benzene rings is 1. The zero-order valence-electron chi connectivity index (χ0n) is 14.0. The smallest absolute Gasteiger partial charge is 0.168 e. The van der Waals surface area contributed by atoms with Crippen molar-refractivity contribution in [3.63, 3.8) is 0 Å². The van der Waals surface area contributed by atoms with Crippen LogP contribution in [0.4, 0.5) is 0 Å². The summed E-state index contributed by atoms with van der Waals surface area (Å²) in [5, 5.41) is 22.3. The van der Waals surface area contributed by atoms with Crippen LogP contribution < -0.4 is 0 Å². The van der Waals surface area contributed by atoms with Crippen LogP contribution in [0.3, 0.4) is 0 Å². The van der Waals surface area contributed by atoms with E-state index < -0.39 is 0 Å². The number of hydrogen-bond donors (Lipinski definition) is 1. The minimum atomic E-state index is 0.205. The number of tetrazole rings is 1. The Morgan fingerprint density at radius 2 is 1.92 bits per heavy atom. The first-order chi connectivity index (χ1) is 11.9. The lowest BCUT2D eigenvalue weighted by atomic mass is 9.93. The summed E-state index contributed by atoms with van der Waals surface area (Å²) in [7, 11) is 0. The summed E-state index contributed by atoms with van der Waals surface area (Å²) in [6, 6.07) is 11.4. The summed E-state index contributed by atoms with van der Waals surface area (Å²) in [5.41, 5.74) is 1.33. The molecule has 2 aromatic rings. The molecule has 24 heavy (non-hydrogen) atoms. The maximum absolute atomic E-state index is 9.78. The molecule has 6 nitrogen and oxygen atoms in total. The lowest BCUT2D eigenvalue weighted by molar-refractivity contribution is 0.122. The summed E-state index contributed by atoms with van der Waals surface area (Å²) < 4.78 is 2.05. The first-order valence-corrected chi connectivity index (χ1v) is 9.05. The monoisotopic (exact) mass is 327 g/mol. The van der Waals surface area contributed by atoms with Gasteiger partial charge in [-0.1, -0.05) is 30.3 Å². The Morgan fingerprint density at radius 3 is 2.62 bits per heavy atom. The molecule has 2 atom stereocenters. The molecule has 1 aromatic carbocycles. The van der Waals surface area contributed by atoms with E-state index in [9.17, 15) is 5.11 Å². The van der Waals surface area contributed by atoms with Crippen molar-refractivity contribution < 1.29 is 5.11 Å². The van der Waals surface area contributed by atoms with E-state index in [2.05, 4.69) is 44.7 Å². The van der Waals surface area contributed by atoms with Crippen LogP contribution in [0.15, 0.2) is 30.3 Å². The van der Waals surface area contributed by atoms with Gasteiger partial charge in [0.1, 0.15) is 0 Å². The molecule has 6 heteroatoms. The second-order valence-electron chi connectivity index (χ2n) is 6.97. The minimum absolute atomic E-state index is 0.205. The van der Waals surface area contributed by atoms with Crippen LogP contribution in [0.25, 0.3) is 0 Å². The Morgan fingerprint density at radius 1 is 1.08 bits per heavy atom. The Labute approximate surface area is 142 Å². The Kier molecular flexibility index (Phi) is 4.58. The lowest BCUT2D eigenvalue weighted by Gasteiger charge is -2.31. The van der Waals surface area contributed by atoms with Gasteiger partial charge >= 0.3 is 0 Å². The fraction of sp³-hybridized carbons (Fsp3) is 0.611. The zero-order valence-corrected chi connectivity index (χ0v) is 14.0. The molecule has 2 fully saturated rings. The first-order valence-electron chi connectivity index (χ1n) is 9.05. The number of aromatic nitrogens is 4. The summed E-state index contributed by atoms with van der Waals surface area (Å²) >= 11 is 0. The third-order valence-corrected chi connectivity index (χ3v) is 5.59. The largest absolute Gasteiger partial charge is 0.395 e. The van der Waals surface area contributed by atoms with Crippen LogP contribution in [-0.2, 0) is 6.42 Å². The number of likely N-dealkylation sites (tertiary alicyclic amines) is 1. The molecule has 0 unspecified atom stereocenters.